The lowest BCUT2D eigenvalue weighted by atomic mass is 10.1. The molecule has 2 heterocycles. The van der Waals surface area contributed by atoms with Crippen molar-refractivity contribution >= 4 is 63.7 Å². The van der Waals surface area contributed by atoms with Gasteiger partial charge in [0.15, 0.2) is 10.9 Å². The number of piperazine rings is 1. The zero-order valence-corrected chi connectivity index (χ0v) is 22.2. The van der Waals surface area contributed by atoms with E-state index < -0.39 is 5.91 Å². The third-order valence-corrected chi connectivity index (χ3v) is 6.78. The molecule has 0 radical (unpaired) electrons. The summed E-state index contributed by atoms with van der Waals surface area (Å²) >= 11 is 17.5. The van der Waals surface area contributed by atoms with Crippen molar-refractivity contribution < 1.29 is 14.0 Å². The maximum atomic E-state index is 12.7. The van der Waals surface area contributed by atoms with Crippen molar-refractivity contribution in [3.63, 3.8) is 0 Å². The highest BCUT2D eigenvalue weighted by molar-refractivity contribution is 7.80. The van der Waals surface area contributed by atoms with Gasteiger partial charge in [0.1, 0.15) is 5.76 Å². The predicted octanol–water partition coefficient (Wildman–Crippen LogP) is 5.68. The quantitative estimate of drug-likeness (QED) is 0.402. The Labute approximate surface area is 225 Å². The minimum atomic E-state index is -0.475. The summed E-state index contributed by atoms with van der Waals surface area (Å²) in [6.07, 6.45) is 0. The number of thiocarbonyl (C=S) groups is 1. The van der Waals surface area contributed by atoms with Crippen LogP contribution in [0.5, 0.6) is 0 Å². The summed E-state index contributed by atoms with van der Waals surface area (Å²) in [4.78, 5) is 29.1. The van der Waals surface area contributed by atoms with Gasteiger partial charge in [-0.15, -0.1) is 0 Å². The topological polar surface area (TPSA) is 77.8 Å². The number of hydrogen-bond donors (Lipinski definition) is 2. The molecule has 1 fully saturated rings. The molecule has 2 N–H and O–H groups in total. The highest BCUT2D eigenvalue weighted by atomic mass is 35.5. The van der Waals surface area contributed by atoms with Crippen molar-refractivity contribution in [2.24, 2.45) is 5.92 Å². The van der Waals surface area contributed by atoms with E-state index in [9.17, 15) is 9.59 Å². The zero-order chi connectivity index (χ0) is 25.8. The Morgan fingerprint density at radius 3 is 2.39 bits per heavy atom. The van der Waals surface area contributed by atoms with Crippen LogP contribution in [0.4, 0.5) is 11.4 Å². The number of anilines is 2. The molecule has 0 atom stereocenters. The maximum Gasteiger partial charge on any atom is 0.293 e. The first-order valence-electron chi connectivity index (χ1n) is 11.5. The van der Waals surface area contributed by atoms with Crippen LogP contribution in [0.2, 0.25) is 10.0 Å². The number of carbonyl (C=O) groups is 2. The van der Waals surface area contributed by atoms with E-state index in [1.165, 1.54) is 0 Å². The van der Waals surface area contributed by atoms with E-state index in [2.05, 4.69) is 15.5 Å². The summed E-state index contributed by atoms with van der Waals surface area (Å²) in [5, 5.41) is 6.76. The van der Waals surface area contributed by atoms with Crippen molar-refractivity contribution in [1.29, 1.82) is 0 Å². The molecule has 4 rings (SSSR count). The van der Waals surface area contributed by atoms with E-state index in [0.29, 0.717) is 47.5 Å². The number of amides is 2. The van der Waals surface area contributed by atoms with Gasteiger partial charge in [0, 0.05) is 37.7 Å². The predicted molar refractivity (Wildman–Crippen MR) is 148 cm³/mol. The van der Waals surface area contributed by atoms with Gasteiger partial charge in [0.25, 0.3) is 5.91 Å². The Hall–Kier alpha value is -3.07. The molecular formula is C26H26Cl2N4O3S. The summed E-state index contributed by atoms with van der Waals surface area (Å²) in [5.41, 5.74) is 2.42. The first kappa shape index (κ1) is 26.0. The highest BCUT2D eigenvalue weighted by Gasteiger charge is 2.24. The smallest absolute Gasteiger partial charge is 0.293 e. The summed E-state index contributed by atoms with van der Waals surface area (Å²) in [6, 6.07) is 16.1. The molecule has 0 unspecified atom stereocenters. The molecular weight excluding hydrogens is 519 g/mol. The molecule has 1 aliphatic heterocycles. The van der Waals surface area contributed by atoms with Crippen LogP contribution in [0.1, 0.15) is 24.4 Å². The largest absolute Gasteiger partial charge is 0.451 e. The number of carbonyl (C=O) groups excluding carboxylic acids is 2. The number of hydrogen-bond acceptors (Lipinski definition) is 5. The first-order valence-corrected chi connectivity index (χ1v) is 12.7. The summed E-state index contributed by atoms with van der Waals surface area (Å²) in [5.74, 6) is 0.278. The third kappa shape index (κ3) is 6.00. The average Bonchev–Trinajstić information content (AvgIpc) is 3.36. The molecule has 1 aliphatic rings. The van der Waals surface area contributed by atoms with Crippen LogP contribution in [0.3, 0.4) is 0 Å². The van der Waals surface area contributed by atoms with E-state index in [0.717, 1.165) is 11.4 Å². The Bertz CT molecular complexity index is 1290. The van der Waals surface area contributed by atoms with E-state index in [-0.39, 0.29) is 22.7 Å². The van der Waals surface area contributed by atoms with Crippen LogP contribution in [0.15, 0.2) is 59.0 Å². The Morgan fingerprint density at radius 1 is 0.972 bits per heavy atom. The van der Waals surface area contributed by atoms with Gasteiger partial charge < -0.3 is 19.5 Å². The van der Waals surface area contributed by atoms with Gasteiger partial charge in [0.05, 0.1) is 21.4 Å². The van der Waals surface area contributed by atoms with Crippen molar-refractivity contribution in [1.82, 2.24) is 10.2 Å². The molecule has 2 amide bonds. The van der Waals surface area contributed by atoms with E-state index in [1.807, 2.05) is 43.0 Å². The lowest BCUT2D eigenvalue weighted by molar-refractivity contribution is -0.134. The number of nitrogens with one attached hydrogen (secondary N) is 2. The molecule has 0 bridgehead atoms. The Morgan fingerprint density at radius 2 is 1.69 bits per heavy atom. The molecule has 1 saturated heterocycles. The second kappa shape index (κ2) is 11.3. The fourth-order valence-corrected chi connectivity index (χ4v) is 4.47. The van der Waals surface area contributed by atoms with Gasteiger partial charge in [-0.2, -0.15) is 0 Å². The van der Waals surface area contributed by atoms with Gasteiger partial charge >= 0.3 is 0 Å². The molecule has 0 aliphatic carbocycles. The fraction of sp³-hybridized carbons (Fsp3) is 0.269. The number of halogens is 2. The number of benzene rings is 2. The van der Waals surface area contributed by atoms with Gasteiger partial charge in [-0.1, -0.05) is 49.2 Å². The highest BCUT2D eigenvalue weighted by Crippen LogP contribution is 2.30. The summed E-state index contributed by atoms with van der Waals surface area (Å²) in [6.45, 7) is 6.57. The Kier molecular flexibility index (Phi) is 8.18. The first-order chi connectivity index (χ1) is 17.2. The van der Waals surface area contributed by atoms with Gasteiger partial charge in [-0.3, -0.25) is 14.9 Å². The molecule has 10 heteroatoms. The normalized spacial score (nSPS) is 13.6. The molecule has 188 valence electrons. The van der Waals surface area contributed by atoms with Crippen molar-refractivity contribution in [2.45, 2.75) is 13.8 Å². The van der Waals surface area contributed by atoms with Crippen LogP contribution >= 0.6 is 35.4 Å². The maximum absolute atomic E-state index is 12.7. The molecule has 0 saturated carbocycles. The number of para-hydroxylation sites is 2. The van der Waals surface area contributed by atoms with E-state index >= 15 is 0 Å². The molecule has 0 spiro atoms. The number of furan rings is 1. The molecule has 1 aromatic heterocycles. The van der Waals surface area contributed by atoms with E-state index in [4.69, 9.17) is 39.8 Å². The third-order valence-electron chi connectivity index (χ3n) is 5.84. The standard InChI is InChI=1S/C26H26Cl2N4O3S/c1-16(2)25(34)32-13-11-31(12-14-32)21-6-4-3-5-20(21)29-26(36)30-24(33)23-10-9-22(35-23)17-7-8-18(27)19(28)15-17/h3-10,15-16H,11-14H2,1-2H3,(H2,29,30,33,36). The second-order valence-corrected chi connectivity index (χ2v) is 9.91. The summed E-state index contributed by atoms with van der Waals surface area (Å²) in [7, 11) is 0. The lowest BCUT2D eigenvalue weighted by Crippen LogP contribution is -2.50. The van der Waals surface area contributed by atoms with Crippen LogP contribution in [0.25, 0.3) is 11.3 Å². The zero-order valence-electron chi connectivity index (χ0n) is 19.9. The second-order valence-electron chi connectivity index (χ2n) is 8.69. The average molecular weight is 545 g/mol. The Balaban J connectivity index is 1.38. The van der Waals surface area contributed by atoms with Crippen LogP contribution in [0, 0.1) is 5.92 Å². The van der Waals surface area contributed by atoms with Crippen molar-refractivity contribution in [2.75, 3.05) is 36.4 Å². The monoisotopic (exact) mass is 544 g/mol. The molecule has 3 aromatic rings. The summed E-state index contributed by atoms with van der Waals surface area (Å²) < 4.78 is 5.70. The fourth-order valence-electron chi connectivity index (χ4n) is 3.97. The number of nitrogens with zero attached hydrogens (tertiary/aromatic N) is 2. The van der Waals surface area contributed by atoms with Gasteiger partial charge in [-0.25, -0.2) is 0 Å². The minimum absolute atomic E-state index is 0.0132. The molecule has 36 heavy (non-hydrogen) atoms. The van der Waals surface area contributed by atoms with Crippen LogP contribution in [-0.2, 0) is 4.79 Å². The van der Waals surface area contributed by atoms with Crippen LogP contribution < -0.4 is 15.5 Å². The van der Waals surface area contributed by atoms with Crippen molar-refractivity contribution in [3.8, 4) is 11.3 Å². The molecule has 7 nitrogen and oxygen atoms in total. The minimum Gasteiger partial charge on any atom is -0.451 e. The van der Waals surface area contributed by atoms with Crippen LogP contribution in [-0.4, -0.2) is 48.0 Å². The molecule has 2 aromatic carbocycles. The van der Waals surface area contributed by atoms with Gasteiger partial charge in [0.2, 0.25) is 5.91 Å². The van der Waals surface area contributed by atoms with Gasteiger partial charge in [-0.05, 0) is 54.7 Å². The van der Waals surface area contributed by atoms with E-state index in [1.54, 1.807) is 30.3 Å². The lowest BCUT2D eigenvalue weighted by Gasteiger charge is -2.37. The van der Waals surface area contributed by atoms with Crippen molar-refractivity contribution in [3.05, 3.63) is 70.4 Å². The SMILES string of the molecule is CC(C)C(=O)N1CCN(c2ccccc2NC(=S)NC(=O)c2ccc(-c3ccc(Cl)c(Cl)c3)o2)CC1. The number of rotatable bonds is 5.